The third kappa shape index (κ3) is 3.55. The third-order valence-electron chi connectivity index (χ3n) is 4.78. The van der Waals surface area contributed by atoms with Gasteiger partial charge in [0.1, 0.15) is 0 Å². The van der Waals surface area contributed by atoms with Crippen molar-refractivity contribution < 1.29 is 0 Å². The van der Waals surface area contributed by atoms with Gasteiger partial charge in [0.2, 0.25) is 0 Å². The van der Waals surface area contributed by atoms with Crippen LogP contribution in [-0.4, -0.2) is 15.0 Å². The molecule has 0 aliphatic heterocycles. The van der Waals surface area contributed by atoms with E-state index >= 15 is 0 Å². The minimum Gasteiger partial charge on any atom is -0.208 e. The Morgan fingerprint density at radius 3 is 1.48 bits per heavy atom. The molecule has 4 aromatic carbocycles. The summed E-state index contributed by atoms with van der Waals surface area (Å²) >= 11 is 3.72. The molecule has 0 atom stereocenters. The van der Waals surface area contributed by atoms with E-state index in [1.54, 1.807) is 0 Å². The smallest absolute Gasteiger partial charge is 0.165 e. The number of benzene rings is 4. The normalized spacial score (nSPS) is 10.9. The van der Waals surface area contributed by atoms with Crippen molar-refractivity contribution in [2.75, 3.05) is 0 Å². The number of rotatable bonds is 3. The molecule has 0 saturated heterocycles. The van der Waals surface area contributed by atoms with Crippen LogP contribution in [0.1, 0.15) is 0 Å². The number of halogens is 1. The Hall–Kier alpha value is -3.37. The van der Waals surface area contributed by atoms with Crippen molar-refractivity contribution in [3.05, 3.63) is 102 Å². The lowest BCUT2D eigenvalue weighted by molar-refractivity contribution is 1.07. The summed E-state index contributed by atoms with van der Waals surface area (Å²) in [6.45, 7) is 0. The zero-order chi connectivity index (χ0) is 19.6. The topological polar surface area (TPSA) is 38.7 Å². The van der Waals surface area contributed by atoms with E-state index in [4.69, 9.17) is 15.0 Å². The molecule has 0 radical (unpaired) electrons. The molecule has 4 heteroatoms. The zero-order valence-electron chi connectivity index (χ0n) is 15.5. The molecule has 0 amide bonds. The van der Waals surface area contributed by atoms with Crippen LogP contribution in [0.5, 0.6) is 0 Å². The Labute approximate surface area is 177 Å². The van der Waals surface area contributed by atoms with Crippen molar-refractivity contribution in [2.45, 2.75) is 0 Å². The van der Waals surface area contributed by atoms with Crippen molar-refractivity contribution in [1.82, 2.24) is 15.0 Å². The minimum atomic E-state index is 0.648. The number of nitrogens with zero attached hydrogens (tertiary/aromatic N) is 3. The van der Waals surface area contributed by atoms with Gasteiger partial charge in [-0.1, -0.05) is 101 Å². The van der Waals surface area contributed by atoms with Crippen LogP contribution in [-0.2, 0) is 0 Å². The van der Waals surface area contributed by atoms with E-state index in [-0.39, 0.29) is 0 Å². The second-order valence-electron chi connectivity index (χ2n) is 6.72. The van der Waals surface area contributed by atoms with Gasteiger partial charge in [0.15, 0.2) is 17.5 Å². The molecule has 1 aromatic heterocycles. The summed E-state index contributed by atoms with van der Waals surface area (Å²) < 4.78 is 0.959. The first-order valence-corrected chi connectivity index (χ1v) is 10.1. The number of fused-ring (bicyclic) bond motifs is 1. The van der Waals surface area contributed by atoms with E-state index in [0.717, 1.165) is 26.5 Å². The molecule has 0 bridgehead atoms. The second kappa shape index (κ2) is 7.57. The Morgan fingerprint density at radius 1 is 0.483 bits per heavy atom. The molecule has 0 fully saturated rings. The first kappa shape index (κ1) is 17.7. The van der Waals surface area contributed by atoms with Crippen LogP contribution >= 0.6 is 15.9 Å². The van der Waals surface area contributed by atoms with E-state index in [9.17, 15) is 0 Å². The molecular formula is C25H16BrN3. The van der Waals surface area contributed by atoms with Gasteiger partial charge in [0, 0.05) is 21.2 Å². The van der Waals surface area contributed by atoms with Crippen molar-refractivity contribution in [2.24, 2.45) is 0 Å². The predicted molar refractivity (Wildman–Crippen MR) is 121 cm³/mol. The maximum Gasteiger partial charge on any atom is 0.165 e. The maximum absolute atomic E-state index is 4.81. The average molecular weight is 438 g/mol. The molecule has 0 N–H and O–H groups in total. The Kier molecular flexibility index (Phi) is 4.62. The fraction of sp³-hybridized carbons (Fsp3) is 0. The summed E-state index contributed by atoms with van der Waals surface area (Å²) in [5.74, 6) is 1.97. The minimum absolute atomic E-state index is 0.648. The van der Waals surface area contributed by atoms with Crippen molar-refractivity contribution in [3.8, 4) is 34.2 Å². The van der Waals surface area contributed by atoms with Crippen molar-refractivity contribution in [1.29, 1.82) is 0 Å². The van der Waals surface area contributed by atoms with Gasteiger partial charge < -0.3 is 0 Å². The highest BCUT2D eigenvalue weighted by Crippen LogP contribution is 2.32. The van der Waals surface area contributed by atoms with Crippen LogP contribution in [0.3, 0.4) is 0 Å². The lowest BCUT2D eigenvalue weighted by Crippen LogP contribution is -2.00. The number of hydrogen-bond donors (Lipinski definition) is 0. The standard InChI is InChI=1S/C25H16BrN3/c26-22-16-20-14-8-7-13-19(20)15-21(22)25-28-23(17-9-3-1-4-10-17)27-24(29-25)18-11-5-2-6-12-18/h1-16H. The van der Waals surface area contributed by atoms with Crippen LogP contribution in [0.2, 0.25) is 0 Å². The van der Waals surface area contributed by atoms with Crippen LogP contribution in [0.25, 0.3) is 44.9 Å². The maximum atomic E-state index is 4.81. The highest BCUT2D eigenvalue weighted by atomic mass is 79.9. The van der Waals surface area contributed by atoms with Gasteiger partial charge >= 0.3 is 0 Å². The lowest BCUT2D eigenvalue weighted by Gasteiger charge is -2.10. The first-order chi connectivity index (χ1) is 14.3. The fourth-order valence-corrected chi connectivity index (χ4v) is 3.85. The fourth-order valence-electron chi connectivity index (χ4n) is 3.31. The highest BCUT2D eigenvalue weighted by Gasteiger charge is 2.14. The van der Waals surface area contributed by atoms with Crippen molar-refractivity contribution >= 4 is 26.7 Å². The van der Waals surface area contributed by atoms with Gasteiger partial charge in [0.25, 0.3) is 0 Å². The molecule has 5 aromatic rings. The molecule has 0 unspecified atom stereocenters. The molecule has 1 heterocycles. The average Bonchev–Trinajstić information content (AvgIpc) is 2.79. The largest absolute Gasteiger partial charge is 0.208 e. The summed E-state index contributed by atoms with van der Waals surface area (Å²) in [7, 11) is 0. The van der Waals surface area contributed by atoms with Crippen LogP contribution in [0, 0.1) is 0 Å². The van der Waals surface area contributed by atoms with Gasteiger partial charge in [-0.15, -0.1) is 0 Å². The quantitative estimate of drug-likeness (QED) is 0.311. The second-order valence-corrected chi connectivity index (χ2v) is 7.57. The molecule has 0 aliphatic rings. The van der Waals surface area contributed by atoms with E-state index < -0.39 is 0 Å². The summed E-state index contributed by atoms with van der Waals surface area (Å²) in [6.07, 6.45) is 0. The molecule has 3 nitrogen and oxygen atoms in total. The summed E-state index contributed by atoms with van der Waals surface area (Å²) in [5.41, 5.74) is 2.87. The summed E-state index contributed by atoms with van der Waals surface area (Å²) in [5, 5.41) is 2.32. The van der Waals surface area contributed by atoms with Crippen LogP contribution < -0.4 is 0 Å². The van der Waals surface area contributed by atoms with E-state index in [2.05, 4.69) is 40.2 Å². The molecule has 0 aliphatic carbocycles. The van der Waals surface area contributed by atoms with E-state index in [1.165, 1.54) is 5.39 Å². The summed E-state index contributed by atoms with van der Waals surface area (Å²) in [4.78, 5) is 14.4. The van der Waals surface area contributed by atoms with Gasteiger partial charge in [0.05, 0.1) is 0 Å². The SMILES string of the molecule is Brc1cc2ccccc2cc1-c1nc(-c2ccccc2)nc(-c2ccccc2)n1. The Bertz CT molecular complexity index is 1240. The van der Waals surface area contributed by atoms with Gasteiger partial charge in [-0.25, -0.2) is 15.0 Å². The van der Waals surface area contributed by atoms with E-state index in [0.29, 0.717) is 17.5 Å². The lowest BCUT2D eigenvalue weighted by atomic mass is 10.1. The predicted octanol–water partition coefficient (Wildman–Crippen LogP) is 6.79. The molecule has 0 saturated carbocycles. The van der Waals surface area contributed by atoms with Crippen LogP contribution in [0.15, 0.2) is 102 Å². The van der Waals surface area contributed by atoms with Gasteiger partial charge in [-0.3, -0.25) is 0 Å². The third-order valence-corrected chi connectivity index (χ3v) is 5.43. The molecule has 29 heavy (non-hydrogen) atoms. The van der Waals surface area contributed by atoms with E-state index in [1.807, 2.05) is 72.8 Å². The first-order valence-electron chi connectivity index (χ1n) is 9.33. The Morgan fingerprint density at radius 2 is 0.931 bits per heavy atom. The van der Waals surface area contributed by atoms with Crippen LogP contribution in [0.4, 0.5) is 0 Å². The molecule has 0 spiro atoms. The highest BCUT2D eigenvalue weighted by molar-refractivity contribution is 9.10. The van der Waals surface area contributed by atoms with Gasteiger partial charge in [-0.05, 0) is 22.9 Å². The van der Waals surface area contributed by atoms with Gasteiger partial charge in [-0.2, -0.15) is 0 Å². The molecule has 138 valence electrons. The summed E-state index contributed by atoms with van der Waals surface area (Å²) in [6, 6.07) is 32.5. The number of aromatic nitrogens is 3. The molecule has 5 rings (SSSR count). The Balaban J connectivity index is 1.75. The zero-order valence-corrected chi connectivity index (χ0v) is 17.0. The number of hydrogen-bond acceptors (Lipinski definition) is 3. The monoisotopic (exact) mass is 437 g/mol. The molecular weight excluding hydrogens is 422 g/mol. The van der Waals surface area contributed by atoms with Crippen molar-refractivity contribution in [3.63, 3.8) is 0 Å².